The van der Waals surface area contributed by atoms with Gasteiger partial charge in [0.2, 0.25) is 0 Å². The predicted molar refractivity (Wildman–Crippen MR) is 43.7 cm³/mol. The molecule has 0 N–H and O–H groups in total. The molecule has 1 fully saturated rings. The number of carbonyl (C=O) groups excluding carboxylic acids is 1. The molecule has 4 nitrogen and oxygen atoms in total. The number of ether oxygens (including phenoxy) is 1. The minimum absolute atomic E-state index is 0.0949. The summed E-state index contributed by atoms with van der Waals surface area (Å²) >= 11 is 0. The smallest absolute Gasteiger partial charge is 0.295 e. The number of nitrogens with zero attached hydrogens (tertiary/aromatic N) is 2. The maximum absolute atomic E-state index is 11.6. The lowest BCUT2D eigenvalue weighted by atomic mass is 10.1. The molecular weight excluding hydrogens is 156 g/mol. The molecule has 0 spiro atoms. The second-order valence-corrected chi connectivity index (χ2v) is 3.44. The van der Waals surface area contributed by atoms with E-state index in [1.54, 1.807) is 4.90 Å². The van der Waals surface area contributed by atoms with E-state index < -0.39 is 0 Å². The molecule has 2 aliphatic heterocycles. The molecule has 2 rings (SSSR count). The predicted octanol–water partition coefficient (Wildman–Crippen LogP) is 0.239. The third-order valence-corrected chi connectivity index (χ3v) is 2.18. The molecule has 1 saturated heterocycles. The van der Waals surface area contributed by atoms with Crippen LogP contribution >= 0.6 is 0 Å². The van der Waals surface area contributed by atoms with Crippen molar-refractivity contribution in [2.75, 3.05) is 13.2 Å². The first kappa shape index (κ1) is 7.58. The molecule has 1 unspecified atom stereocenters. The van der Waals surface area contributed by atoms with Crippen molar-refractivity contribution >= 4 is 11.9 Å². The highest BCUT2D eigenvalue weighted by atomic mass is 16.5. The molecule has 0 aromatic rings. The van der Waals surface area contributed by atoms with Crippen molar-refractivity contribution in [1.82, 2.24) is 4.90 Å². The second kappa shape index (κ2) is 2.47. The summed E-state index contributed by atoms with van der Waals surface area (Å²) in [4.78, 5) is 17.4. The number of rotatable bonds is 1. The molecule has 2 heterocycles. The van der Waals surface area contributed by atoms with Gasteiger partial charge in [-0.05, 0) is 5.92 Å². The molecule has 1 atom stereocenters. The first-order valence-electron chi connectivity index (χ1n) is 4.22. The summed E-state index contributed by atoms with van der Waals surface area (Å²) in [6.45, 7) is 5.25. The Morgan fingerprint density at radius 1 is 1.67 bits per heavy atom. The Balaban J connectivity index is 2.22. The van der Waals surface area contributed by atoms with Gasteiger partial charge in [-0.1, -0.05) is 13.8 Å². The highest BCUT2D eigenvalue weighted by Gasteiger charge is 2.40. The number of carbonyl (C=O) groups is 1. The number of fused-ring (bicyclic) bond motifs is 1. The van der Waals surface area contributed by atoms with E-state index in [0.29, 0.717) is 19.2 Å². The SMILES string of the molecule is CC(C)C1N=C2OCCN2C1=O. The topological polar surface area (TPSA) is 41.9 Å². The number of amidine groups is 1. The molecule has 66 valence electrons. The lowest BCUT2D eigenvalue weighted by molar-refractivity contribution is -0.127. The largest absolute Gasteiger partial charge is 0.463 e. The molecular formula is C8H12N2O2. The third kappa shape index (κ3) is 0.906. The Morgan fingerprint density at radius 2 is 2.42 bits per heavy atom. The highest BCUT2D eigenvalue weighted by molar-refractivity contribution is 6.03. The van der Waals surface area contributed by atoms with Crippen LogP contribution in [0.2, 0.25) is 0 Å². The van der Waals surface area contributed by atoms with Crippen LogP contribution in [-0.2, 0) is 9.53 Å². The number of hydrogen-bond donors (Lipinski definition) is 0. The lowest BCUT2D eigenvalue weighted by Crippen LogP contribution is -2.34. The van der Waals surface area contributed by atoms with E-state index in [1.807, 2.05) is 13.8 Å². The fourth-order valence-corrected chi connectivity index (χ4v) is 1.48. The van der Waals surface area contributed by atoms with Crippen molar-refractivity contribution in [2.45, 2.75) is 19.9 Å². The van der Waals surface area contributed by atoms with Gasteiger partial charge in [0.25, 0.3) is 11.9 Å². The molecule has 0 aliphatic carbocycles. The molecule has 0 saturated carbocycles. The lowest BCUT2D eigenvalue weighted by Gasteiger charge is -2.11. The van der Waals surface area contributed by atoms with Gasteiger partial charge in [-0.2, -0.15) is 0 Å². The fraction of sp³-hybridized carbons (Fsp3) is 0.750. The molecule has 4 heteroatoms. The van der Waals surface area contributed by atoms with E-state index in [1.165, 1.54) is 0 Å². The first-order valence-corrected chi connectivity index (χ1v) is 4.22. The van der Waals surface area contributed by atoms with Crippen LogP contribution in [0.1, 0.15) is 13.8 Å². The minimum atomic E-state index is -0.208. The number of aliphatic imine (C=N–C) groups is 1. The van der Waals surface area contributed by atoms with E-state index in [2.05, 4.69) is 4.99 Å². The molecule has 0 bridgehead atoms. The van der Waals surface area contributed by atoms with E-state index >= 15 is 0 Å². The Hall–Kier alpha value is -1.06. The van der Waals surface area contributed by atoms with Crippen molar-refractivity contribution < 1.29 is 9.53 Å². The van der Waals surface area contributed by atoms with Gasteiger partial charge in [0, 0.05) is 0 Å². The van der Waals surface area contributed by atoms with Crippen LogP contribution in [0, 0.1) is 5.92 Å². The Labute approximate surface area is 71.2 Å². The maximum Gasteiger partial charge on any atom is 0.295 e. The van der Waals surface area contributed by atoms with Crippen LogP contribution < -0.4 is 0 Å². The van der Waals surface area contributed by atoms with Crippen LogP contribution in [0.3, 0.4) is 0 Å². The van der Waals surface area contributed by atoms with Gasteiger partial charge in [-0.3, -0.25) is 9.69 Å². The van der Waals surface area contributed by atoms with Crippen LogP contribution in [0.5, 0.6) is 0 Å². The third-order valence-electron chi connectivity index (χ3n) is 2.18. The molecule has 12 heavy (non-hydrogen) atoms. The van der Waals surface area contributed by atoms with Gasteiger partial charge in [0.15, 0.2) is 0 Å². The van der Waals surface area contributed by atoms with Gasteiger partial charge in [-0.25, -0.2) is 4.99 Å². The van der Waals surface area contributed by atoms with Gasteiger partial charge in [0.05, 0.1) is 6.54 Å². The average molecular weight is 168 g/mol. The summed E-state index contributed by atoms with van der Waals surface area (Å²) in [6.07, 6.45) is 0. The Morgan fingerprint density at radius 3 is 3.00 bits per heavy atom. The van der Waals surface area contributed by atoms with E-state index in [-0.39, 0.29) is 17.9 Å². The normalized spacial score (nSPS) is 27.6. The van der Waals surface area contributed by atoms with Crippen molar-refractivity contribution in [1.29, 1.82) is 0 Å². The Bertz CT molecular complexity index is 247. The molecule has 0 radical (unpaired) electrons. The Kier molecular flexibility index (Phi) is 1.56. The summed E-state index contributed by atoms with van der Waals surface area (Å²) in [6, 6.07) is 0.319. The first-order chi connectivity index (χ1) is 5.70. The number of hydrogen-bond acceptors (Lipinski definition) is 3. The summed E-state index contributed by atoms with van der Waals surface area (Å²) < 4.78 is 5.18. The van der Waals surface area contributed by atoms with E-state index in [4.69, 9.17) is 4.74 Å². The van der Waals surface area contributed by atoms with Crippen LogP contribution in [0.15, 0.2) is 4.99 Å². The zero-order valence-electron chi connectivity index (χ0n) is 7.28. The average Bonchev–Trinajstić information content (AvgIpc) is 2.53. The van der Waals surface area contributed by atoms with Crippen molar-refractivity contribution in [3.8, 4) is 0 Å². The monoisotopic (exact) mass is 168 g/mol. The minimum Gasteiger partial charge on any atom is -0.463 e. The molecule has 0 aromatic heterocycles. The van der Waals surface area contributed by atoms with Gasteiger partial charge in [-0.15, -0.1) is 0 Å². The maximum atomic E-state index is 11.6. The zero-order chi connectivity index (χ0) is 8.72. The van der Waals surface area contributed by atoms with Gasteiger partial charge >= 0.3 is 0 Å². The van der Waals surface area contributed by atoms with Crippen LogP contribution in [-0.4, -0.2) is 36.0 Å². The fourth-order valence-electron chi connectivity index (χ4n) is 1.48. The van der Waals surface area contributed by atoms with Crippen molar-refractivity contribution in [3.05, 3.63) is 0 Å². The van der Waals surface area contributed by atoms with Gasteiger partial charge in [0.1, 0.15) is 12.6 Å². The standard InChI is InChI=1S/C8H12N2O2/c1-5(2)6-7(11)10-3-4-12-8(10)9-6/h5-6H,3-4H2,1-2H3. The molecule has 0 aromatic carbocycles. The quantitative estimate of drug-likeness (QED) is 0.562. The van der Waals surface area contributed by atoms with E-state index in [0.717, 1.165) is 0 Å². The summed E-state index contributed by atoms with van der Waals surface area (Å²) in [5, 5.41) is 0. The summed E-state index contributed by atoms with van der Waals surface area (Å²) in [5.41, 5.74) is 0. The van der Waals surface area contributed by atoms with Crippen molar-refractivity contribution in [3.63, 3.8) is 0 Å². The zero-order valence-corrected chi connectivity index (χ0v) is 7.28. The number of amides is 1. The summed E-state index contributed by atoms with van der Waals surface area (Å²) in [7, 11) is 0. The van der Waals surface area contributed by atoms with Gasteiger partial charge < -0.3 is 4.74 Å². The molecule has 2 aliphatic rings. The molecule has 1 amide bonds. The summed E-state index contributed by atoms with van der Waals surface area (Å²) in [5.74, 6) is 0.358. The highest BCUT2D eigenvalue weighted by Crippen LogP contribution is 2.21. The van der Waals surface area contributed by atoms with Crippen LogP contribution in [0.25, 0.3) is 0 Å². The van der Waals surface area contributed by atoms with Crippen LogP contribution in [0.4, 0.5) is 0 Å². The second-order valence-electron chi connectivity index (χ2n) is 3.44. The van der Waals surface area contributed by atoms with E-state index in [9.17, 15) is 4.79 Å². The van der Waals surface area contributed by atoms with Crippen molar-refractivity contribution in [2.24, 2.45) is 10.9 Å².